The number of hydrogen-bond acceptors (Lipinski definition) is 5. The Balaban J connectivity index is 1.81. The van der Waals surface area contributed by atoms with Crippen LogP contribution < -0.4 is 10.2 Å². The summed E-state index contributed by atoms with van der Waals surface area (Å²) in [5.41, 5.74) is 0.221. The van der Waals surface area contributed by atoms with Crippen molar-refractivity contribution < 1.29 is 23.6 Å². The number of likely N-dealkylation sites (tertiary alicyclic amines) is 1. The zero-order chi connectivity index (χ0) is 23.2. The summed E-state index contributed by atoms with van der Waals surface area (Å²) in [7, 11) is -0.581. The van der Waals surface area contributed by atoms with Crippen LogP contribution in [0.1, 0.15) is 66.9 Å². The molecule has 2 heterocycles. The van der Waals surface area contributed by atoms with Crippen LogP contribution >= 0.6 is 11.6 Å². The smallest absolute Gasteiger partial charge is 0.489 e. The molecule has 0 spiro atoms. The molecule has 2 aliphatic heterocycles. The maximum Gasteiger partial charge on any atom is 0.498 e. The minimum atomic E-state index is -0.581. The Morgan fingerprint density at radius 2 is 1.81 bits per heavy atom. The van der Waals surface area contributed by atoms with Crippen molar-refractivity contribution in [1.82, 2.24) is 4.90 Å². The molecular formula is C23H35BClNO5. The molecule has 0 aromatic heterocycles. The lowest BCUT2D eigenvalue weighted by molar-refractivity contribution is 0.00578. The third kappa shape index (κ3) is 5.50. The van der Waals surface area contributed by atoms with Gasteiger partial charge in [-0.2, -0.15) is 0 Å². The van der Waals surface area contributed by atoms with Gasteiger partial charge in [0.25, 0.3) is 0 Å². The molecule has 2 aliphatic rings. The van der Waals surface area contributed by atoms with Gasteiger partial charge in [0, 0.05) is 17.0 Å². The zero-order valence-corrected chi connectivity index (χ0v) is 20.8. The van der Waals surface area contributed by atoms with Gasteiger partial charge in [-0.25, -0.2) is 4.79 Å². The largest absolute Gasteiger partial charge is 0.498 e. The predicted octanol–water partition coefficient (Wildman–Crippen LogP) is 4.73. The fraction of sp³-hybridized carbons (Fsp3) is 0.696. The predicted molar refractivity (Wildman–Crippen MR) is 123 cm³/mol. The van der Waals surface area contributed by atoms with Crippen LogP contribution in [0.2, 0.25) is 5.02 Å². The first-order valence-electron chi connectivity index (χ1n) is 11.0. The van der Waals surface area contributed by atoms with Gasteiger partial charge in [0.05, 0.1) is 17.7 Å². The summed E-state index contributed by atoms with van der Waals surface area (Å²) in [6, 6.07) is 3.72. The summed E-state index contributed by atoms with van der Waals surface area (Å²) >= 11 is 6.38. The maximum absolute atomic E-state index is 12.5. The summed E-state index contributed by atoms with van der Waals surface area (Å²) in [6.07, 6.45) is 1.24. The van der Waals surface area contributed by atoms with Gasteiger partial charge in [-0.05, 0) is 85.9 Å². The number of halogens is 1. The molecule has 1 aromatic carbocycles. The average Bonchev–Trinajstić information content (AvgIpc) is 2.83. The summed E-state index contributed by atoms with van der Waals surface area (Å²) in [6.45, 7) is 16.8. The van der Waals surface area contributed by atoms with Gasteiger partial charge in [0.15, 0.2) is 0 Å². The van der Waals surface area contributed by atoms with Crippen LogP contribution in [0.4, 0.5) is 4.79 Å². The number of carbonyl (C=O) groups excluding carboxylic acids is 1. The van der Waals surface area contributed by atoms with E-state index in [0.29, 0.717) is 23.9 Å². The van der Waals surface area contributed by atoms with Gasteiger partial charge in [0.1, 0.15) is 17.5 Å². The summed E-state index contributed by atoms with van der Waals surface area (Å²) in [5.74, 6) is 0.707. The number of carbonyl (C=O) groups is 1. The molecule has 0 radical (unpaired) electrons. The molecule has 0 aliphatic carbocycles. The third-order valence-electron chi connectivity index (χ3n) is 6.09. The number of ether oxygens (including phenoxy) is 2. The molecule has 1 aromatic rings. The monoisotopic (exact) mass is 451 g/mol. The molecule has 2 fully saturated rings. The fourth-order valence-corrected chi connectivity index (χ4v) is 4.04. The molecule has 3 rings (SSSR count). The van der Waals surface area contributed by atoms with Crippen molar-refractivity contribution in [3.63, 3.8) is 0 Å². The van der Waals surface area contributed by atoms with Crippen LogP contribution in [0.5, 0.6) is 5.75 Å². The van der Waals surface area contributed by atoms with Crippen molar-refractivity contribution in [3.8, 4) is 5.75 Å². The van der Waals surface area contributed by atoms with Crippen molar-refractivity contribution >= 4 is 30.3 Å². The second kappa shape index (κ2) is 8.49. The normalized spacial score (nSPS) is 23.1. The Labute approximate surface area is 191 Å². The van der Waals surface area contributed by atoms with Crippen LogP contribution in [0.25, 0.3) is 0 Å². The van der Waals surface area contributed by atoms with Crippen LogP contribution in [0, 0.1) is 6.92 Å². The van der Waals surface area contributed by atoms with E-state index in [9.17, 15) is 4.79 Å². The molecule has 0 bridgehead atoms. The van der Waals surface area contributed by atoms with E-state index in [1.54, 1.807) is 4.90 Å². The topological polar surface area (TPSA) is 57.2 Å². The highest BCUT2D eigenvalue weighted by atomic mass is 35.5. The lowest BCUT2D eigenvalue weighted by Gasteiger charge is -2.34. The number of nitrogens with zero attached hydrogens (tertiary/aromatic N) is 1. The molecular weight excluding hydrogens is 417 g/mol. The minimum Gasteiger partial charge on any atom is -0.489 e. The fourth-order valence-electron chi connectivity index (χ4n) is 3.76. The first kappa shape index (κ1) is 24.2. The van der Waals surface area contributed by atoms with E-state index < -0.39 is 23.9 Å². The van der Waals surface area contributed by atoms with Crippen molar-refractivity contribution in [1.29, 1.82) is 0 Å². The van der Waals surface area contributed by atoms with Gasteiger partial charge in [0.2, 0.25) is 0 Å². The number of rotatable bonds is 3. The average molecular weight is 452 g/mol. The molecule has 8 heteroatoms. The van der Waals surface area contributed by atoms with Crippen LogP contribution in [-0.2, 0) is 14.0 Å². The molecule has 2 saturated heterocycles. The summed E-state index contributed by atoms with van der Waals surface area (Å²) in [4.78, 5) is 14.3. The van der Waals surface area contributed by atoms with Crippen molar-refractivity contribution in [2.45, 2.75) is 91.1 Å². The quantitative estimate of drug-likeness (QED) is 0.622. The van der Waals surface area contributed by atoms with Gasteiger partial charge in [-0.3, -0.25) is 0 Å². The third-order valence-corrected chi connectivity index (χ3v) is 6.31. The molecule has 31 heavy (non-hydrogen) atoms. The zero-order valence-electron chi connectivity index (χ0n) is 20.0. The van der Waals surface area contributed by atoms with E-state index >= 15 is 0 Å². The van der Waals surface area contributed by atoms with Gasteiger partial charge in [-0.1, -0.05) is 11.6 Å². The van der Waals surface area contributed by atoms with E-state index in [1.165, 1.54) is 0 Å². The summed E-state index contributed by atoms with van der Waals surface area (Å²) in [5, 5.41) is 0.605. The highest BCUT2D eigenvalue weighted by molar-refractivity contribution is 6.63. The van der Waals surface area contributed by atoms with Crippen LogP contribution in [0.3, 0.4) is 0 Å². The molecule has 0 unspecified atom stereocenters. The molecule has 0 N–H and O–H groups in total. The van der Waals surface area contributed by atoms with E-state index in [0.717, 1.165) is 23.9 Å². The number of hydrogen-bond donors (Lipinski definition) is 0. The van der Waals surface area contributed by atoms with E-state index in [4.69, 9.17) is 30.4 Å². The summed E-state index contributed by atoms with van der Waals surface area (Å²) < 4.78 is 24.5. The molecule has 1 atom stereocenters. The van der Waals surface area contributed by atoms with Crippen molar-refractivity contribution in [2.24, 2.45) is 0 Å². The highest BCUT2D eigenvalue weighted by Crippen LogP contribution is 2.38. The Hall–Kier alpha value is -1.44. The van der Waals surface area contributed by atoms with E-state index in [2.05, 4.69) is 0 Å². The standard InChI is InChI=1S/C23H35BClNO5/c1-15-12-16(25)13-18(24-30-22(5,6)23(7,8)31-24)19(15)28-17-10-9-11-26(14-17)20(27)29-21(2,3)4/h12-13,17H,9-11,14H2,1-8H3/t17-/m0/s1. The number of benzene rings is 1. The van der Waals surface area contributed by atoms with Crippen LogP contribution in [-0.4, -0.2) is 54.1 Å². The minimum absolute atomic E-state index is 0.151. The van der Waals surface area contributed by atoms with Crippen molar-refractivity contribution in [3.05, 3.63) is 22.7 Å². The number of amides is 1. The van der Waals surface area contributed by atoms with E-state index in [1.807, 2.05) is 67.5 Å². The van der Waals surface area contributed by atoms with Crippen molar-refractivity contribution in [2.75, 3.05) is 13.1 Å². The van der Waals surface area contributed by atoms with Gasteiger partial charge in [-0.15, -0.1) is 0 Å². The van der Waals surface area contributed by atoms with Crippen LogP contribution in [0.15, 0.2) is 12.1 Å². The first-order valence-corrected chi connectivity index (χ1v) is 11.4. The first-order chi connectivity index (χ1) is 14.2. The lowest BCUT2D eigenvalue weighted by Crippen LogP contribution is -2.47. The molecule has 1 amide bonds. The van der Waals surface area contributed by atoms with Gasteiger partial charge < -0.3 is 23.7 Å². The van der Waals surface area contributed by atoms with E-state index in [-0.39, 0.29) is 12.2 Å². The number of aryl methyl sites for hydroxylation is 1. The Kier molecular flexibility index (Phi) is 6.63. The number of piperidine rings is 1. The van der Waals surface area contributed by atoms with Gasteiger partial charge >= 0.3 is 13.2 Å². The Bertz CT molecular complexity index is 820. The highest BCUT2D eigenvalue weighted by Gasteiger charge is 2.52. The molecule has 172 valence electrons. The Morgan fingerprint density at radius 3 is 2.39 bits per heavy atom. The Morgan fingerprint density at radius 1 is 1.19 bits per heavy atom. The SMILES string of the molecule is Cc1cc(Cl)cc(B2OC(C)(C)C(C)(C)O2)c1O[C@H]1CCCN(C(=O)OC(C)(C)C)C1. The second-order valence-electron chi connectivity index (χ2n) is 10.5. The lowest BCUT2D eigenvalue weighted by atomic mass is 9.77. The molecule has 6 nitrogen and oxygen atoms in total. The maximum atomic E-state index is 12.5. The molecule has 0 saturated carbocycles. The second-order valence-corrected chi connectivity index (χ2v) is 11.0.